The number of aliphatic hydroxyl groups excluding tert-OH is 4. The number of carbonyl (C=O) groups excluding carboxylic acids is 4. The van der Waals surface area contributed by atoms with Crippen molar-refractivity contribution in [2.75, 3.05) is 77.1 Å². The molecule has 0 saturated carbocycles. The number of aliphatic hydroxyl groups is 4. The Balaban J connectivity index is 0.000000248. The number of rotatable bonds is 22. The second kappa shape index (κ2) is 43.5. The van der Waals surface area contributed by atoms with Gasteiger partial charge in [0.05, 0.1) is 47.4 Å². The maximum absolute atomic E-state index is 12.1. The maximum atomic E-state index is 12.1. The highest BCUT2D eigenvalue weighted by Gasteiger charge is 2.38. The SMILES string of the molecule is CC(C)(C)OC(=O)N1CC[C@H]([C@@H](O)CCSc2ccccc2)C1.CC(C)(C)OC(=O)N1CC[C@H]([C@H](O)CCSc2ccccc2)C1.Cc1ccc(S(=O)(=O)OCC[C@@H](O)[C@H]2CCN(C(=O)OC(C)(C)C)C2)cc1.Cc1ccc(S(=O)(=O)OCC[C@H](O)[C@H]2CCN(C(=O)OC(C)(C)C)C2)cc1.Sc1ccccc1. The minimum atomic E-state index is -3.84. The van der Waals surface area contributed by atoms with Crippen molar-refractivity contribution < 1.29 is 83.8 Å². The Hall–Kier alpha value is -6.11. The number of likely N-dealkylation sites (tertiary alicyclic amines) is 4. The van der Waals surface area contributed by atoms with Crippen LogP contribution in [0.25, 0.3) is 0 Å². The van der Waals surface area contributed by atoms with E-state index in [2.05, 4.69) is 36.9 Å². The molecule has 5 aromatic carbocycles. The molecule has 4 N–H and O–H groups in total. The standard InChI is InChI=1S/2C19H29NO6S.2C18H27NO3S.C6H6S/c2*1-14-5-7-16(8-6-14)27(23,24)25-12-10-17(21)15-9-11-20(13-15)18(22)26-19(2,3)4;2*1-18(2,3)22-17(21)19-11-9-14(13-19)16(20)10-12-23-15-7-5-4-6-8-15;7-6-4-2-1-3-5-6/h2*5-8,15,17,21H,9-13H2,1-4H3;2*4-8,14,16,20H,9-13H2,1-3H3;1-5,7H/t15-,17+;15-,17-;14-,16+;14-,16-;/m0000./s1. The van der Waals surface area contributed by atoms with E-state index in [0.717, 1.165) is 53.2 Å². The van der Waals surface area contributed by atoms with Gasteiger partial charge in [0.2, 0.25) is 0 Å². The van der Waals surface area contributed by atoms with Gasteiger partial charge in [-0.2, -0.15) is 16.8 Å². The van der Waals surface area contributed by atoms with Crippen LogP contribution in [-0.2, 0) is 47.5 Å². The summed E-state index contributed by atoms with van der Waals surface area (Å²) in [6, 6.07) is 43.0. The fourth-order valence-corrected chi connectivity index (χ4v) is 15.4. The lowest BCUT2D eigenvalue weighted by molar-refractivity contribution is 0.0250. The van der Waals surface area contributed by atoms with E-state index in [9.17, 15) is 56.4 Å². The Morgan fingerprint density at radius 1 is 0.402 bits per heavy atom. The Kier molecular flexibility index (Phi) is 37.2. The van der Waals surface area contributed by atoms with Crippen LogP contribution in [0.3, 0.4) is 0 Å². The van der Waals surface area contributed by atoms with Gasteiger partial charge in [-0.05, 0) is 209 Å². The quantitative estimate of drug-likeness (QED) is 0.0186. The minimum Gasteiger partial charge on any atom is -0.444 e. The van der Waals surface area contributed by atoms with Crippen molar-refractivity contribution in [2.45, 2.75) is 220 Å². The minimum absolute atomic E-state index is 0.0968. The topological polar surface area (TPSA) is 286 Å². The first-order valence-corrected chi connectivity index (χ1v) is 41.9. The molecule has 0 aliphatic carbocycles. The fraction of sp³-hybridized carbons (Fsp3) is 0.575. The second-order valence-electron chi connectivity index (χ2n) is 31.2. The monoisotopic (exact) mass is 1580 g/mol. The summed E-state index contributed by atoms with van der Waals surface area (Å²) in [4.78, 5) is 58.5. The summed E-state index contributed by atoms with van der Waals surface area (Å²) in [5, 5.41) is 41.4. The molecule has 0 aromatic heterocycles. The van der Waals surface area contributed by atoms with E-state index in [1.54, 1.807) is 109 Å². The fourth-order valence-electron chi connectivity index (χ4n) is 11.5. The van der Waals surface area contributed by atoms with Crippen molar-refractivity contribution in [3.8, 4) is 0 Å². The van der Waals surface area contributed by atoms with Gasteiger partial charge in [-0.15, -0.1) is 36.2 Å². The summed E-state index contributed by atoms with van der Waals surface area (Å²) in [5.74, 6) is 1.83. The Morgan fingerprint density at radius 3 is 0.879 bits per heavy atom. The van der Waals surface area contributed by atoms with Crippen molar-refractivity contribution in [1.82, 2.24) is 19.6 Å². The number of thiol groups is 1. The summed E-state index contributed by atoms with van der Waals surface area (Å²) >= 11 is 7.60. The van der Waals surface area contributed by atoms with E-state index in [-0.39, 0.29) is 83.9 Å². The van der Waals surface area contributed by atoms with Crippen molar-refractivity contribution >= 4 is 80.8 Å². The van der Waals surface area contributed by atoms with E-state index in [4.69, 9.17) is 27.3 Å². The van der Waals surface area contributed by atoms with Crippen LogP contribution in [0.5, 0.6) is 0 Å². The molecule has 4 amide bonds. The molecule has 5 aromatic rings. The van der Waals surface area contributed by atoms with Crippen molar-refractivity contribution in [2.24, 2.45) is 23.7 Å². The van der Waals surface area contributed by atoms with E-state index >= 15 is 0 Å². The first-order valence-electron chi connectivity index (χ1n) is 36.7. The van der Waals surface area contributed by atoms with Gasteiger partial charge in [0.15, 0.2) is 0 Å². The third kappa shape index (κ3) is 35.6. The molecular weight excluding hydrogens is 1470 g/mol. The van der Waals surface area contributed by atoms with Gasteiger partial charge in [-0.3, -0.25) is 8.37 Å². The highest BCUT2D eigenvalue weighted by Crippen LogP contribution is 2.31. The Labute approximate surface area is 651 Å². The Bertz CT molecular complexity index is 3470. The zero-order valence-corrected chi connectivity index (χ0v) is 69.1. The van der Waals surface area contributed by atoms with Gasteiger partial charge in [0.1, 0.15) is 22.4 Å². The molecule has 596 valence electrons. The number of hydrogen-bond acceptors (Lipinski definition) is 21. The predicted molar refractivity (Wildman–Crippen MR) is 423 cm³/mol. The number of thioether (sulfide) groups is 2. The number of carbonyl (C=O) groups is 4. The smallest absolute Gasteiger partial charge is 0.410 e. The molecule has 0 bridgehead atoms. The summed E-state index contributed by atoms with van der Waals surface area (Å²) < 4.78 is 80.1. The third-order valence-electron chi connectivity index (χ3n) is 17.2. The molecule has 0 unspecified atom stereocenters. The van der Waals surface area contributed by atoms with E-state index in [1.807, 2.05) is 122 Å². The zero-order valence-electron chi connectivity index (χ0n) is 64.9. The van der Waals surface area contributed by atoms with Crippen molar-refractivity contribution in [3.63, 3.8) is 0 Å². The van der Waals surface area contributed by atoms with Crippen LogP contribution < -0.4 is 0 Å². The maximum Gasteiger partial charge on any atom is 0.410 e. The number of ether oxygens (including phenoxy) is 4. The number of amides is 4. The summed E-state index contributed by atoms with van der Waals surface area (Å²) in [6.07, 6.45) is 1.27. The molecule has 27 heteroatoms. The molecule has 0 spiro atoms. The van der Waals surface area contributed by atoms with E-state index in [0.29, 0.717) is 65.2 Å². The predicted octanol–water partition coefficient (Wildman–Crippen LogP) is 15.0. The second-order valence-corrected chi connectivity index (χ2v) is 37.2. The first-order chi connectivity index (χ1) is 50.0. The largest absolute Gasteiger partial charge is 0.444 e. The summed E-state index contributed by atoms with van der Waals surface area (Å²) in [6.45, 7) is 29.9. The van der Waals surface area contributed by atoms with Crippen LogP contribution in [0.1, 0.15) is 146 Å². The number of hydrogen-bond donors (Lipinski definition) is 5. The average molecular weight is 1580 g/mol. The molecular formula is C80H118N4O18S5. The molecule has 4 aliphatic heterocycles. The molecule has 107 heavy (non-hydrogen) atoms. The number of nitrogens with zero attached hydrogens (tertiary/aromatic N) is 4. The molecule has 8 atom stereocenters. The Morgan fingerprint density at radius 2 is 0.645 bits per heavy atom. The highest BCUT2D eigenvalue weighted by molar-refractivity contribution is 7.99. The van der Waals surface area contributed by atoms with Crippen LogP contribution in [0.4, 0.5) is 19.2 Å². The van der Waals surface area contributed by atoms with Gasteiger partial charge in [0.25, 0.3) is 20.2 Å². The van der Waals surface area contributed by atoms with Crippen LogP contribution >= 0.6 is 36.2 Å². The van der Waals surface area contributed by atoms with Gasteiger partial charge in [-0.25, -0.2) is 19.2 Å². The van der Waals surface area contributed by atoms with Crippen LogP contribution in [0.2, 0.25) is 0 Å². The third-order valence-corrected chi connectivity index (χ3v) is 22.3. The number of benzene rings is 5. The first kappa shape index (κ1) is 91.5. The summed E-state index contributed by atoms with van der Waals surface area (Å²) in [7, 11) is -7.67. The molecule has 22 nitrogen and oxygen atoms in total. The van der Waals surface area contributed by atoms with Crippen molar-refractivity contribution in [3.05, 3.63) is 151 Å². The van der Waals surface area contributed by atoms with Crippen LogP contribution in [0.15, 0.2) is 164 Å². The normalized spacial score (nSPS) is 18.7. The lowest BCUT2D eigenvalue weighted by atomic mass is 9.99. The van der Waals surface area contributed by atoms with Gasteiger partial charge < -0.3 is 59.0 Å². The van der Waals surface area contributed by atoms with Gasteiger partial charge in [0, 0.05) is 102 Å². The molecule has 4 saturated heterocycles. The molecule has 4 aliphatic rings. The average Bonchev–Trinajstić information content (AvgIpc) is 1.72. The lowest BCUT2D eigenvalue weighted by Gasteiger charge is -2.25. The van der Waals surface area contributed by atoms with E-state index in [1.165, 1.54) is 34.1 Å². The van der Waals surface area contributed by atoms with Gasteiger partial charge in [-0.1, -0.05) is 90.0 Å². The summed E-state index contributed by atoms with van der Waals surface area (Å²) in [5.41, 5.74) is -0.154. The van der Waals surface area contributed by atoms with Crippen molar-refractivity contribution in [1.29, 1.82) is 0 Å². The van der Waals surface area contributed by atoms with Crippen LogP contribution in [0, 0.1) is 37.5 Å². The van der Waals surface area contributed by atoms with Gasteiger partial charge >= 0.3 is 24.4 Å². The molecule has 4 fully saturated rings. The van der Waals surface area contributed by atoms with E-state index < -0.39 is 67.0 Å². The van der Waals surface area contributed by atoms with Crippen LogP contribution in [-0.4, -0.2) is 205 Å². The zero-order chi connectivity index (χ0) is 79.3. The highest BCUT2D eigenvalue weighted by atomic mass is 32.2. The number of aryl methyl sites for hydroxylation is 2. The molecule has 9 rings (SSSR count). The molecule has 0 radical (unpaired) electrons. The molecule has 4 heterocycles. The lowest BCUT2D eigenvalue weighted by Crippen LogP contribution is -2.36.